The third kappa shape index (κ3) is 2.42. The Balaban J connectivity index is 1.97. The maximum absolute atomic E-state index is 13.4. The van der Waals surface area contributed by atoms with E-state index in [2.05, 4.69) is 0 Å². The standard InChI is InChI=1S/C16H13FO4/c17-10-5-6-12(18)11(8-10)15(16(19)20)14-7-9-3-1-2-4-13(9)21-14/h1-6,8,14-15,18H,7H2,(H,19,20). The van der Waals surface area contributed by atoms with Gasteiger partial charge in [0.1, 0.15) is 29.3 Å². The Labute approximate surface area is 120 Å². The molecule has 108 valence electrons. The molecule has 0 aliphatic carbocycles. The lowest BCUT2D eigenvalue weighted by Crippen LogP contribution is -2.30. The van der Waals surface area contributed by atoms with Crippen molar-refractivity contribution < 1.29 is 24.1 Å². The molecule has 2 aromatic rings. The highest BCUT2D eigenvalue weighted by atomic mass is 19.1. The molecule has 0 saturated carbocycles. The number of fused-ring (bicyclic) bond motifs is 1. The molecule has 0 amide bonds. The monoisotopic (exact) mass is 288 g/mol. The van der Waals surface area contributed by atoms with E-state index in [1.54, 1.807) is 12.1 Å². The Morgan fingerprint density at radius 2 is 2.05 bits per heavy atom. The van der Waals surface area contributed by atoms with Gasteiger partial charge in [-0.25, -0.2) is 4.39 Å². The molecule has 0 aromatic heterocycles. The highest BCUT2D eigenvalue weighted by Crippen LogP contribution is 2.38. The van der Waals surface area contributed by atoms with E-state index >= 15 is 0 Å². The fourth-order valence-corrected chi connectivity index (χ4v) is 2.66. The van der Waals surface area contributed by atoms with E-state index in [9.17, 15) is 19.4 Å². The largest absolute Gasteiger partial charge is 0.508 e. The Bertz CT molecular complexity index is 673. The van der Waals surface area contributed by atoms with Crippen LogP contribution >= 0.6 is 0 Å². The number of hydrogen-bond acceptors (Lipinski definition) is 3. The summed E-state index contributed by atoms with van der Waals surface area (Å²) in [5.41, 5.74) is 0.935. The molecular formula is C16H13FO4. The van der Waals surface area contributed by atoms with Crippen LogP contribution in [0, 0.1) is 5.82 Å². The summed E-state index contributed by atoms with van der Waals surface area (Å²) in [6, 6.07) is 10.6. The van der Waals surface area contributed by atoms with Crippen LogP contribution in [0.4, 0.5) is 4.39 Å². The summed E-state index contributed by atoms with van der Waals surface area (Å²) in [5.74, 6) is -2.50. The maximum Gasteiger partial charge on any atom is 0.314 e. The Morgan fingerprint density at radius 3 is 2.76 bits per heavy atom. The van der Waals surface area contributed by atoms with Gasteiger partial charge in [0, 0.05) is 12.0 Å². The van der Waals surface area contributed by atoms with Crippen LogP contribution in [0.15, 0.2) is 42.5 Å². The fourth-order valence-electron chi connectivity index (χ4n) is 2.66. The number of carboxylic acid groups (broad SMARTS) is 1. The molecule has 0 fully saturated rings. The topological polar surface area (TPSA) is 66.8 Å². The molecule has 2 aromatic carbocycles. The summed E-state index contributed by atoms with van der Waals surface area (Å²) >= 11 is 0. The number of phenolic OH excluding ortho intramolecular Hbond substituents is 1. The molecule has 2 N–H and O–H groups in total. The van der Waals surface area contributed by atoms with Crippen LogP contribution in [0.25, 0.3) is 0 Å². The molecule has 1 heterocycles. The van der Waals surface area contributed by atoms with Crippen molar-refractivity contribution in [1.82, 2.24) is 0 Å². The van der Waals surface area contributed by atoms with Gasteiger partial charge in [0.25, 0.3) is 0 Å². The summed E-state index contributed by atoms with van der Waals surface area (Å²) in [6.07, 6.45) is -0.268. The van der Waals surface area contributed by atoms with E-state index in [0.717, 1.165) is 23.8 Å². The molecule has 1 aliphatic heterocycles. The minimum atomic E-state index is -1.16. The zero-order valence-corrected chi connectivity index (χ0v) is 11.0. The van der Waals surface area contributed by atoms with Gasteiger partial charge in [-0.1, -0.05) is 18.2 Å². The lowest BCUT2D eigenvalue weighted by Gasteiger charge is -2.20. The molecule has 21 heavy (non-hydrogen) atoms. The number of rotatable bonds is 3. The van der Waals surface area contributed by atoms with Crippen LogP contribution < -0.4 is 4.74 Å². The minimum Gasteiger partial charge on any atom is -0.508 e. The van der Waals surface area contributed by atoms with Crippen LogP contribution in [0.2, 0.25) is 0 Å². The van der Waals surface area contributed by atoms with E-state index in [1.807, 2.05) is 12.1 Å². The predicted molar refractivity (Wildman–Crippen MR) is 73.0 cm³/mol. The van der Waals surface area contributed by atoms with Crippen molar-refractivity contribution >= 4 is 5.97 Å². The van der Waals surface area contributed by atoms with Gasteiger partial charge >= 0.3 is 5.97 Å². The number of para-hydroxylation sites is 1. The SMILES string of the molecule is O=C(O)C(c1cc(F)ccc1O)C1Cc2ccccc2O1. The predicted octanol–water partition coefficient (Wildman–Crippen LogP) is 2.70. The lowest BCUT2D eigenvalue weighted by molar-refractivity contribution is -0.141. The third-order valence-corrected chi connectivity index (χ3v) is 3.63. The van der Waals surface area contributed by atoms with E-state index < -0.39 is 23.8 Å². The molecule has 0 spiro atoms. The first-order valence-electron chi connectivity index (χ1n) is 6.52. The van der Waals surface area contributed by atoms with E-state index in [4.69, 9.17) is 4.74 Å². The highest BCUT2D eigenvalue weighted by molar-refractivity contribution is 5.78. The Kier molecular flexibility index (Phi) is 3.25. The Morgan fingerprint density at radius 1 is 1.29 bits per heavy atom. The first-order chi connectivity index (χ1) is 10.1. The molecule has 3 rings (SSSR count). The van der Waals surface area contributed by atoms with E-state index in [-0.39, 0.29) is 11.3 Å². The van der Waals surface area contributed by atoms with Crippen molar-refractivity contribution in [1.29, 1.82) is 0 Å². The average molecular weight is 288 g/mol. The quantitative estimate of drug-likeness (QED) is 0.911. The summed E-state index contributed by atoms with van der Waals surface area (Å²) in [5, 5.41) is 19.3. The number of carboxylic acids is 1. The number of ether oxygens (including phenoxy) is 1. The molecule has 1 aliphatic rings. The molecule has 0 saturated heterocycles. The normalized spacial score (nSPS) is 17.9. The number of hydrogen-bond donors (Lipinski definition) is 2. The molecule has 0 bridgehead atoms. The molecular weight excluding hydrogens is 275 g/mol. The summed E-state index contributed by atoms with van der Waals surface area (Å²) < 4.78 is 19.0. The molecule has 2 atom stereocenters. The van der Waals surface area contributed by atoms with Gasteiger partial charge in [0.2, 0.25) is 0 Å². The van der Waals surface area contributed by atoms with Crippen molar-refractivity contribution in [3.8, 4) is 11.5 Å². The van der Waals surface area contributed by atoms with Crippen LogP contribution in [0.5, 0.6) is 11.5 Å². The number of halogens is 1. The van der Waals surface area contributed by atoms with Gasteiger partial charge in [-0.05, 0) is 29.8 Å². The van der Waals surface area contributed by atoms with Gasteiger partial charge in [-0.15, -0.1) is 0 Å². The lowest BCUT2D eigenvalue weighted by atomic mass is 9.90. The van der Waals surface area contributed by atoms with Gasteiger partial charge < -0.3 is 14.9 Å². The van der Waals surface area contributed by atoms with E-state index in [1.165, 1.54) is 0 Å². The fraction of sp³-hybridized carbons (Fsp3) is 0.188. The smallest absolute Gasteiger partial charge is 0.314 e. The molecule has 0 radical (unpaired) electrons. The van der Waals surface area contributed by atoms with Crippen molar-refractivity contribution in [2.24, 2.45) is 0 Å². The van der Waals surface area contributed by atoms with Crippen molar-refractivity contribution in [2.45, 2.75) is 18.4 Å². The van der Waals surface area contributed by atoms with Crippen LogP contribution in [0.1, 0.15) is 17.0 Å². The molecule has 4 nitrogen and oxygen atoms in total. The minimum absolute atomic E-state index is 0.0281. The van der Waals surface area contributed by atoms with Crippen molar-refractivity contribution in [3.63, 3.8) is 0 Å². The number of carbonyl (C=O) groups is 1. The summed E-state index contributed by atoms with van der Waals surface area (Å²) in [4.78, 5) is 11.6. The second-order valence-electron chi connectivity index (χ2n) is 4.99. The second kappa shape index (κ2) is 5.09. The number of aliphatic carboxylic acids is 1. The van der Waals surface area contributed by atoms with Crippen molar-refractivity contribution in [3.05, 3.63) is 59.4 Å². The zero-order chi connectivity index (χ0) is 15.0. The first kappa shape index (κ1) is 13.4. The maximum atomic E-state index is 13.4. The summed E-state index contributed by atoms with van der Waals surface area (Å²) in [6.45, 7) is 0. The number of phenols is 1. The first-order valence-corrected chi connectivity index (χ1v) is 6.52. The van der Waals surface area contributed by atoms with Crippen LogP contribution in [-0.2, 0) is 11.2 Å². The second-order valence-corrected chi connectivity index (χ2v) is 4.99. The van der Waals surface area contributed by atoms with Gasteiger partial charge in [0.05, 0.1) is 0 Å². The van der Waals surface area contributed by atoms with Gasteiger partial charge in [-0.3, -0.25) is 4.79 Å². The van der Waals surface area contributed by atoms with Crippen molar-refractivity contribution in [2.75, 3.05) is 0 Å². The third-order valence-electron chi connectivity index (χ3n) is 3.63. The average Bonchev–Trinajstić information content (AvgIpc) is 2.85. The van der Waals surface area contributed by atoms with E-state index in [0.29, 0.717) is 12.2 Å². The Hall–Kier alpha value is -2.56. The molecule has 2 unspecified atom stereocenters. The summed E-state index contributed by atoms with van der Waals surface area (Å²) in [7, 11) is 0. The number of aromatic hydroxyl groups is 1. The van der Waals surface area contributed by atoms with Crippen LogP contribution in [-0.4, -0.2) is 22.3 Å². The van der Waals surface area contributed by atoms with Gasteiger partial charge in [-0.2, -0.15) is 0 Å². The van der Waals surface area contributed by atoms with Gasteiger partial charge in [0.15, 0.2) is 0 Å². The van der Waals surface area contributed by atoms with Crippen LogP contribution in [0.3, 0.4) is 0 Å². The highest BCUT2D eigenvalue weighted by Gasteiger charge is 2.37. The molecule has 5 heteroatoms. The zero-order valence-electron chi connectivity index (χ0n) is 11.0. The number of benzene rings is 2.